The predicted molar refractivity (Wildman–Crippen MR) is 91.2 cm³/mol. The van der Waals surface area contributed by atoms with E-state index in [0.29, 0.717) is 0 Å². The zero-order valence-electron chi connectivity index (χ0n) is 12.9. The lowest BCUT2D eigenvalue weighted by Gasteiger charge is -2.22. The van der Waals surface area contributed by atoms with E-state index in [0.717, 1.165) is 24.2 Å². The molecule has 0 spiro atoms. The van der Waals surface area contributed by atoms with Gasteiger partial charge >= 0.3 is 0 Å². The molecule has 3 rings (SSSR count). The lowest BCUT2D eigenvalue weighted by atomic mass is 9.90. The molecule has 0 fully saturated rings. The number of benzene rings is 2. The maximum Gasteiger partial charge on any atom is 0.246 e. The number of aryl methyl sites for hydroxylation is 1. The number of anilines is 2. The summed E-state index contributed by atoms with van der Waals surface area (Å²) in [4.78, 5) is 12.3. The molecule has 1 unspecified atom stereocenters. The fourth-order valence-electron chi connectivity index (χ4n) is 2.99. The quantitative estimate of drug-likeness (QED) is 0.894. The highest BCUT2D eigenvalue weighted by Gasteiger charge is 2.17. The Morgan fingerprint density at radius 2 is 1.77 bits per heavy atom. The first-order valence-corrected chi connectivity index (χ1v) is 7.97. The molecule has 0 heterocycles. The standard InChI is InChI=1S/C19H22N2O/c1-14(19(22)21-16-10-3-2-4-11-16)20-18-13-7-9-15-8-5-6-12-17(15)18/h2-4,7,9-11,13-14,20H,5-6,8,12H2,1H3,(H,21,22). The van der Waals surface area contributed by atoms with Crippen molar-refractivity contribution in [2.24, 2.45) is 0 Å². The van der Waals surface area contributed by atoms with Gasteiger partial charge in [0.1, 0.15) is 6.04 Å². The molecular weight excluding hydrogens is 272 g/mol. The van der Waals surface area contributed by atoms with Crippen LogP contribution in [0.15, 0.2) is 48.5 Å². The van der Waals surface area contributed by atoms with Crippen LogP contribution in [0.5, 0.6) is 0 Å². The second kappa shape index (κ2) is 6.65. The Bertz CT molecular complexity index is 652. The summed E-state index contributed by atoms with van der Waals surface area (Å²) in [5.41, 5.74) is 4.74. The molecule has 1 aliphatic rings. The molecule has 2 aromatic carbocycles. The number of carbonyl (C=O) groups is 1. The van der Waals surface area contributed by atoms with Crippen molar-refractivity contribution in [2.75, 3.05) is 10.6 Å². The molecule has 0 bridgehead atoms. The van der Waals surface area contributed by atoms with E-state index >= 15 is 0 Å². The Kier molecular flexibility index (Phi) is 4.42. The average Bonchev–Trinajstić information content (AvgIpc) is 2.56. The highest BCUT2D eigenvalue weighted by Crippen LogP contribution is 2.28. The van der Waals surface area contributed by atoms with Gasteiger partial charge in [-0.1, -0.05) is 30.3 Å². The minimum atomic E-state index is -0.270. The van der Waals surface area contributed by atoms with Crippen molar-refractivity contribution in [3.05, 3.63) is 59.7 Å². The summed E-state index contributed by atoms with van der Waals surface area (Å²) in [7, 11) is 0. The molecule has 2 N–H and O–H groups in total. The van der Waals surface area contributed by atoms with Gasteiger partial charge in [0.25, 0.3) is 0 Å². The molecule has 22 heavy (non-hydrogen) atoms. The molecule has 1 atom stereocenters. The van der Waals surface area contributed by atoms with Crippen LogP contribution in [-0.4, -0.2) is 11.9 Å². The summed E-state index contributed by atoms with van der Waals surface area (Å²) in [5.74, 6) is -0.0142. The Labute approximate surface area is 131 Å². The molecular formula is C19H22N2O. The minimum absolute atomic E-state index is 0.0142. The molecule has 114 valence electrons. The highest BCUT2D eigenvalue weighted by atomic mass is 16.2. The van der Waals surface area contributed by atoms with E-state index in [1.165, 1.54) is 24.0 Å². The third kappa shape index (κ3) is 3.30. The molecule has 1 amide bonds. The van der Waals surface area contributed by atoms with Crippen LogP contribution in [0.3, 0.4) is 0 Å². The Hall–Kier alpha value is -2.29. The van der Waals surface area contributed by atoms with Gasteiger partial charge in [0.15, 0.2) is 0 Å². The average molecular weight is 294 g/mol. The maximum absolute atomic E-state index is 12.3. The lowest BCUT2D eigenvalue weighted by Crippen LogP contribution is -2.32. The third-order valence-corrected chi connectivity index (χ3v) is 4.20. The van der Waals surface area contributed by atoms with Crippen molar-refractivity contribution in [2.45, 2.75) is 38.6 Å². The van der Waals surface area contributed by atoms with E-state index in [2.05, 4.69) is 28.8 Å². The van der Waals surface area contributed by atoms with Crippen LogP contribution >= 0.6 is 0 Å². The lowest BCUT2D eigenvalue weighted by molar-refractivity contribution is -0.116. The molecule has 3 nitrogen and oxygen atoms in total. The van der Waals surface area contributed by atoms with Gasteiger partial charge in [-0.05, 0) is 61.9 Å². The van der Waals surface area contributed by atoms with Gasteiger partial charge in [-0.15, -0.1) is 0 Å². The SMILES string of the molecule is CC(Nc1cccc2c1CCCC2)C(=O)Nc1ccccc1. The van der Waals surface area contributed by atoms with Crippen LogP contribution in [0.1, 0.15) is 30.9 Å². The monoisotopic (exact) mass is 294 g/mol. The smallest absolute Gasteiger partial charge is 0.246 e. The van der Waals surface area contributed by atoms with Crippen molar-refractivity contribution < 1.29 is 4.79 Å². The van der Waals surface area contributed by atoms with Crippen LogP contribution in [0.2, 0.25) is 0 Å². The first kappa shape index (κ1) is 14.6. The number of nitrogens with one attached hydrogen (secondary N) is 2. The van der Waals surface area contributed by atoms with Gasteiger partial charge in [0, 0.05) is 11.4 Å². The number of rotatable bonds is 4. The summed E-state index contributed by atoms with van der Waals surface area (Å²) in [5, 5.41) is 6.32. The summed E-state index contributed by atoms with van der Waals surface area (Å²) < 4.78 is 0. The summed E-state index contributed by atoms with van der Waals surface area (Å²) in [6, 6.07) is 15.7. The molecule has 2 aromatic rings. The third-order valence-electron chi connectivity index (χ3n) is 4.20. The number of hydrogen-bond acceptors (Lipinski definition) is 2. The number of fused-ring (bicyclic) bond motifs is 1. The zero-order chi connectivity index (χ0) is 15.4. The predicted octanol–water partition coefficient (Wildman–Crippen LogP) is 4.00. The van der Waals surface area contributed by atoms with Crippen molar-refractivity contribution in [3.63, 3.8) is 0 Å². The second-order valence-electron chi connectivity index (χ2n) is 5.87. The Morgan fingerprint density at radius 3 is 2.59 bits per heavy atom. The molecule has 0 saturated carbocycles. The van der Waals surface area contributed by atoms with Gasteiger partial charge in [-0.2, -0.15) is 0 Å². The largest absolute Gasteiger partial charge is 0.374 e. The van der Waals surface area contributed by atoms with Gasteiger partial charge in [0.2, 0.25) is 5.91 Å². The maximum atomic E-state index is 12.3. The number of para-hydroxylation sites is 1. The van der Waals surface area contributed by atoms with E-state index < -0.39 is 0 Å². The van der Waals surface area contributed by atoms with Crippen molar-refractivity contribution in [1.82, 2.24) is 0 Å². The van der Waals surface area contributed by atoms with Gasteiger partial charge < -0.3 is 10.6 Å². The molecule has 0 aliphatic heterocycles. The Morgan fingerprint density at radius 1 is 1.00 bits per heavy atom. The minimum Gasteiger partial charge on any atom is -0.374 e. The van der Waals surface area contributed by atoms with Crippen LogP contribution in [0.4, 0.5) is 11.4 Å². The van der Waals surface area contributed by atoms with Crippen molar-refractivity contribution in [1.29, 1.82) is 0 Å². The molecule has 0 radical (unpaired) electrons. The fourth-order valence-corrected chi connectivity index (χ4v) is 2.99. The van der Waals surface area contributed by atoms with E-state index in [1.807, 2.05) is 37.3 Å². The van der Waals surface area contributed by atoms with Gasteiger partial charge in [-0.25, -0.2) is 0 Å². The fraction of sp³-hybridized carbons (Fsp3) is 0.316. The van der Waals surface area contributed by atoms with Gasteiger partial charge in [-0.3, -0.25) is 4.79 Å². The number of hydrogen-bond donors (Lipinski definition) is 2. The van der Waals surface area contributed by atoms with Gasteiger partial charge in [0.05, 0.1) is 0 Å². The molecule has 0 saturated heterocycles. The number of carbonyl (C=O) groups excluding carboxylic acids is 1. The highest BCUT2D eigenvalue weighted by molar-refractivity contribution is 5.96. The molecule has 3 heteroatoms. The van der Waals surface area contributed by atoms with Crippen LogP contribution in [0, 0.1) is 0 Å². The first-order chi connectivity index (χ1) is 10.7. The summed E-state index contributed by atoms with van der Waals surface area (Å²) in [6.07, 6.45) is 4.75. The van der Waals surface area contributed by atoms with E-state index in [4.69, 9.17) is 0 Å². The Balaban J connectivity index is 1.69. The van der Waals surface area contributed by atoms with Crippen LogP contribution < -0.4 is 10.6 Å². The molecule has 0 aromatic heterocycles. The normalized spacial score (nSPS) is 14.8. The molecule has 1 aliphatic carbocycles. The van der Waals surface area contributed by atoms with E-state index in [1.54, 1.807) is 0 Å². The van der Waals surface area contributed by atoms with Crippen molar-refractivity contribution in [3.8, 4) is 0 Å². The van der Waals surface area contributed by atoms with Crippen LogP contribution in [0.25, 0.3) is 0 Å². The topological polar surface area (TPSA) is 41.1 Å². The first-order valence-electron chi connectivity index (χ1n) is 7.97. The summed E-state index contributed by atoms with van der Waals surface area (Å²) in [6.45, 7) is 1.90. The van der Waals surface area contributed by atoms with E-state index in [-0.39, 0.29) is 11.9 Å². The van der Waals surface area contributed by atoms with Crippen molar-refractivity contribution >= 4 is 17.3 Å². The second-order valence-corrected chi connectivity index (χ2v) is 5.87. The summed E-state index contributed by atoms with van der Waals surface area (Å²) >= 11 is 0. The number of amides is 1. The van der Waals surface area contributed by atoms with Crippen LogP contribution in [-0.2, 0) is 17.6 Å². The van der Waals surface area contributed by atoms with E-state index in [9.17, 15) is 4.79 Å². The zero-order valence-corrected chi connectivity index (χ0v) is 12.9.